The summed E-state index contributed by atoms with van der Waals surface area (Å²) in [6.07, 6.45) is 4.14. The van der Waals surface area contributed by atoms with Crippen LogP contribution in [0.25, 0.3) is 0 Å². The summed E-state index contributed by atoms with van der Waals surface area (Å²) in [6.45, 7) is 5.39. The van der Waals surface area contributed by atoms with Gasteiger partial charge < -0.3 is 10.4 Å². The van der Waals surface area contributed by atoms with Crippen LogP contribution in [0.2, 0.25) is 0 Å². The number of rotatable bonds is 4. The predicted molar refractivity (Wildman–Crippen MR) is 60.2 cm³/mol. The van der Waals surface area contributed by atoms with Crippen molar-refractivity contribution in [3.05, 3.63) is 0 Å². The molecular formula is C12H22N2O. The minimum Gasteiger partial charge on any atom is -0.389 e. The molecule has 0 aliphatic heterocycles. The molecule has 1 saturated carbocycles. The van der Waals surface area contributed by atoms with Gasteiger partial charge >= 0.3 is 0 Å². The maximum absolute atomic E-state index is 10.3. The molecule has 2 N–H and O–H groups in total. The van der Waals surface area contributed by atoms with Crippen molar-refractivity contribution in [2.24, 2.45) is 11.8 Å². The Labute approximate surface area is 92.5 Å². The normalized spacial score (nSPS) is 33.3. The van der Waals surface area contributed by atoms with Gasteiger partial charge in [0.2, 0.25) is 0 Å². The molecule has 0 saturated heterocycles. The van der Waals surface area contributed by atoms with Gasteiger partial charge in [0.05, 0.1) is 17.6 Å². The standard InChI is InChI=1S/C12H22N2O/c1-10-4-3-5-12(15,6-10)9-14-8-11(2)7-13/h10-11,14-15H,3-6,8-9H2,1-2H3. The quantitative estimate of drug-likeness (QED) is 0.742. The van der Waals surface area contributed by atoms with Gasteiger partial charge in [-0.05, 0) is 25.7 Å². The summed E-state index contributed by atoms with van der Waals surface area (Å²) in [7, 11) is 0. The molecule has 3 unspecified atom stereocenters. The van der Waals surface area contributed by atoms with E-state index in [2.05, 4.69) is 18.3 Å². The summed E-state index contributed by atoms with van der Waals surface area (Å²) >= 11 is 0. The van der Waals surface area contributed by atoms with Crippen molar-refractivity contribution in [2.45, 2.75) is 45.1 Å². The van der Waals surface area contributed by atoms with Gasteiger partial charge in [-0.3, -0.25) is 0 Å². The topological polar surface area (TPSA) is 56.0 Å². The second-order valence-corrected chi connectivity index (χ2v) is 5.09. The van der Waals surface area contributed by atoms with Crippen LogP contribution < -0.4 is 5.32 Å². The lowest BCUT2D eigenvalue weighted by molar-refractivity contribution is -0.0118. The van der Waals surface area contributed by atoms with Crippen molar-refractivity contribution in [1.82, 2.24) is 5.32 Å². The average molecular weight is 210 g/mol. The van der Waals surface area contributed by atoms with Crippen LogP contribution in [-0.4, -0.2) is 23.8 Å². The van der Waals surface area contributed by atoms with E-state index in [1.54, 1.807) is 0 Å². The minimum absolute atomic E-state index is 0.0228. The second kappa shape index (κ2) is 5.48. The number of nitriles is 1. The summed E-state index contributed by atoms with van der Waals surface area (Å²) in [5.41, 5.74) is -0.535. The number of hydrogen-bond donors (Lipinski definition) is 2. The van der Waals surface area contributed by atoms with Gasteiger partial charge in [-0.2, -0.15) is 5.26 Å². The lowest BCUT2D eigenvalue weighted by atomic mass is 9.79. The third kappa shape index (κ3) is 4.19. The van der Waals surface area contributed by atoms with E-state index in [9.17, 15) is 5.11 Å². The Hall–Kier alpha value is -0.590. The Kier molecular flexibility index (Phi) is 4.56. The summed E-state index contributed by atoms with van der Waals surface area (Å²) < 4.78 is 0. The van der Waals surface area contributed by atoms with Gasteiger partial charge in [0, 0.05) is 13.1 Å². The highest BCUT2D eigenvalue weighted by Crippen LogP contribution is 2.31. The molecule has 3 atom stereocenters. The molecule has 1 aliphatic carbocycles. The molecule has 0 spiro atoms. The fourth-order valence-corrected chi connectivity index (χ4v) is 2.36. The van der Waals surface area contributed by atoms with E-state index in [1.165, 1.54) is 6.42 Å². The Morgan fingerprint density at radius 2 is 2.40 bits per heavy atom. The van der Waals surface area contributed by atoms with E-state index >= 15 is 0 Å². The van der Waals surface area contributed by atoms with Gasteiger partial charge in [-0.25, -0.2) is 0 Å². The highest BCUT2D eigenvalue weighted by Gasteiger charge is 2.31. The Bertz CT molecular complexity index is 236. The second-order valence-electron chi connectivity index (χ2n) is 5.09. The molecule has 0 amide bonds. The summed E-state index contributed by atoms with van der Waals surface area (Å²) in [4.78, 5) is 0. The highest BCUT2D eigenvalue weighted by molar-refractivity contribution is 4.88. The van der Waals surface area contributed by atoms with E-state index in [-0.39, 0.29) is 5.92 Å². The summed E-state index contributed by atoms with van der Waals surface area (Å²) in [6, 6.07) is 2.18. The molecule has 1 aliphatic rings. The average Bonchev–Trinajstić information content (AvgIpc) is 2.16. The van der Waals surface area contributed by atoms with Crippen LogP contribution in [0.1, 0.15) is 39.5 Å². The van der Waals surface area contributed by atoms with E-state index in [1.807, 2.05) is 6.92 Å². The number of aliphatic hydroxyl groups is 1. The Morgan fingerprint density at radius 1 is 1.67 bits per heavy atom. The van der Waals surface area contributed by atoms with E-state index in [4.69, 9.17) is 5.26 Å². The first kappa shape index (κ1) is 12.5. The third-order valence-electron chi connectivity index (χ3n) is 3.19. The largest absolute Gasteiger partial charge is 0.389 e. The van der Waals surface area contributed by atoms with Crippen molar-refractivity contribution in [1.29, 1.82) is 5.26 Å². The van der Waals surface area contributed by atoms with Crippen molar-refractivity contribution in [3.8, 4) is 6.07 Å². The van der Waals surface area contributed by atoms with Crippen molar-refractivity contribution < 1.29 is 5.11 Å². The first-order valence-corrected chi connectivity index (χ1v) is 5.88. The van der Waals surface area contributed by atoms with Crippen molar-refractivity contribution in [3.63, 3.8) is 0 Å². The van der Waals surface area contributed by atoms with Crippen LogP contribution in [0.3, 0.4) is 0 Å². The molecule has 0 heterocycles. The Balaban J connectivity index is 2.27. The molecule has 15 heavy (non-hydrogen) atoms. The van der Waals surface area contributed by atoms with Gasteiger partial charge in [0.1, 0.15) is 0 Å². The lowest BCUT2D eigenvalue weighted by Crippen LogP contribution is -2.44. The van der Waals surface area contributed by atoms with Gasteiger partial charge in [-0.15, -0.1) is 0 Å². The van der Waals surface area contributed by atoms with Crippen LogP contribution in [0.15, 0.2) is 0 Å². The fraction of sp³-hybridized carbons (Fsp3) is 0.917. The van der Waals surface area contributed by atoms with E-state index < -0.39 is 5.60 Å². The molecular weight excluding hydrogens is 188 g/mol. The molecule has 86 valence electrons. The van der Waals surface area contributed by atoms with Crippen molar-refractivity contribution in [2.75, 3.05) is 13.1 Å². The van der Waals surface area contributed by atoms with Crippen LogP contribution in [0.4, 0.5) is 0 Å². The zero-order valence-electron chi connectivity index (χ0n) is 9.79. The molecule has 0 radical (unpaired) electrons. The maximum atomic E-state index is 10.3. The predicted octanol–water partition coefficient (Wildman–Crippen LogP) is 1.68. The lowest BCUT2D eigenvalue weighted by Gasteiger charge is -2.35. The third-order valence-corrected chi connectivity index (χ3v) is 3.19. The van der Waals surface area contributed by atoms with Crippen LogP contribution in [0.5, 0.6) is 0 Å². The summed E-state index contributed by atoms with van der Waals surface area (Å²) in [5, 5.41) is 22.1. The number of nitrogens with zero attached hydrogens (tertiary/aromatic N) is 1. The van der Waals surface area contributed by atoms with Gasteiger partial charge in [-0.1, -0.05) is 19.8 Å². The molecule has 0 aromatic heterocycles. The maximum Gasteiger partial charge on any atom is 0.0774 e. The van der Waals surface area contributed by atoms with Crippen LogP contribution >= 0.6 is 0 Å². The molecule has 0 aromatic carbocycles. The molecule has 3 nitrogen and oxygen atoms in total. The zero-order valence-corrected chi connectivity index (χ0v) is 9.79. The summed E-state index contributed by atoms with van der Waals surface area (Å²) in [5.74, 6) is 0.647. The first-order chi connectivity index (χ1) is 7.06. The van der Waals surface area contributed by atoms with Crippen LogP contribution in [-0.2, 0) is 0 Å². The molecule has 1 fully saturated rings. The minimum atomic E-state index is -0.535. The Morgan fingerprint density at radius 3 is 3.00 bits per heavy atom. The highest BCUT2D eigenvalue weighted by atomic mass is 16.3. The zero-order chi connectivity index (χ0) is 11.3. The monoisotopic (exact) mass is 210 g/mol. The van der Waals surface area contributed by atoms with Crippen LogP contribution in [0, 0.1) is 23.2 Å². The molecule has 0 bridgehead atoms. The van der Waals surface area contributed by atoms with Gasteiger partial charge in [0.15, 0.2) is 0 Å². The smallest absolute Gasteiger partial charge is 0.0774 e. The fourth-order valence-electron chi connectivity index (χ4n) is 2.36. The molecule has 3 heteroatoms. The number of hydrogen-bond acceptors (Lipinski definition) is 3. The van der Waals surface area contributed by atoms with Gasteiger partial charge in [0.25, 0.3) is 0 Å². The van der Waals surface area contributed by atoms with E-state index in [0.29, 0.717) is 19.0 Å². The van der Waals surface area contributed by atoms with E-state index in [0.717, 1.165) is 19.3 Å². The SMILES string of the molecule is CC(C#N)CNCC1(O)CCCC(C)C1. The van der Waals surface area contributed by atoms with Crippen molar-refractivity contribution >= 4 is 0 Å². The molecule has 1 rings (SSSR count). The number of nitrogens with one attached hydrogen (secondary N) is 1. The first-order valence-electron chi connectivity index (χ1n) is 5.88. The molecule has 0 aromatic rings.